The molecule has 0 saturated heterocycles. The standard InChI is InChI=1S/C15H15FO3S/c1-10-8-12(3)15(9-11(10)2)20(17,18)19-14-6-4-13(16)5-7-14/h4-9H,1-3H3. The number of rotatable bonds is 3. The Morgan fingerprint density at radius 3 is 2.05 bits per heavy atom. The van der Waals surface area contributed by atoms with Gasteiger partial charge in [0.15, 0.2) is 0 Å². The number of hydrogen-bond donors (Lipinski definition) is 0. The van der Waals surface area contributed by atoms with Crippen molar-refractivity contribution in [2.45, 2.75) is 25.7 Å². The molecule has 0 saturated carbocycles. The monoisotopic (exact) mass is 294 g/mol. The van der Waals surface area contributed by atoms with Crippen molar-refractivity contribution in [3.63, 3.8) is 0 Å². The highest BCUT2D eigenvalue weighted by molar-refractivity contribution is 7.87. The van der Waals surface area contributed by atoms with Crippen molar-refractivity contribution in [2.24, 2.45) is 0 Å². The summed E-state index contributed by atoms with van der Waals surface area (Å²) < 4.78 is 42.3. The van der Waals surface area contributed by atoms with Crippen LogP contribution in [-0.4, -0.2) is 8.42 Å². The van der Waals surface area contributed by atoms with Crippen LogP contribution >= 0.6 is 0 Å². The van der Waals surface area contributed by atoms with E-state index in [0.717, 1.165) is 23.3 Å². The van der Waals surface area contributed by atoms with Crippen LogP contribution in [0.5, 0.6) is 5.75 Å². The van der Waals surface area contributed by atoms with Crippen LogP contribution in [0.1, 0.15) is 16.7 Å². The van der Waals surface area contributed by atoms with Gasteiger partial charge in [0, 0.05) is 0 Å². The van der Waals surface area contributed by atoms with Crippen LogP contribution in [0.3, 0.4) is 0 Å². The van der Waals surface area contributed by atoms with E-state index in [1.165, 1.54) is 12.1 Å². The number of hydrogen-bond acceptors (Lipinski definition) is 3. The first-order chi connectivity index (χ1) is 9.29. The molecule has 2 aromatic rings. The smallest absolute Gasteiger partial charge is 0.339 e. The fourth-order valence-corrected chi connectivity index (χ4v) is 3.09. The van der Waals surface area contributed by atoms with Crippen molar-refractivity contribution in [2.75, 3.05) is 0 Å². The highest BCUT2D eigenvalue weighted by Crippen LogP contribution is 2.24. The van der Waals surface area contributed by atoms with E-state index in [0.29, 0.717) is 5.56 Å². The molecule has 0 aliphatic rings. The first-order valence-electron chi connectivity index (χ1n) is 6.07. The number of halogens is 1. The zero-order valence-electron chi connectivity index (χ0n) is 11.5. The van der Waals surface area contributed by atoms with E-state index in [1.54, 1.807) is 19.1 Å². The predicted octanol–water partition coefficient (Wildman–Crippen LogP) is 3.52. The number of aryl methyl sites for hydroxylation is 3. The molecule has 2 aromatic carbocycles. The summed E-state index contributed by atoms with van der Waals surface area (Å²) in [6.45, 7) is 5.47. The summed E-state index contributed by atoms with van der Waals surface area (Å²) in [7, 11) is -3.92. The van der Waals surface area contributed by atoms with Gasteiger partial charge in [-0.25, -0.2) is 4.39 Å². The summed E-state index contributed by atoms with van der Waals surface area (Å²) in [5, 5.41) is 0. The van der Waals surface area contributed by atoms with E-state index in [9.17, 15) is 12.8 Å². The van der Waals surface area contributed by atoms with Crippen molar-refractivity contribution < 1.29 is 17.0 Å². The first-order valence-corrected chi connectivity index (χ1v) is 7.48. The Balaban J connectivity index is 2.40. The van der Waals surface area contributed by atoms with Crippen molar-refractivity contribution in [1.29, 1.82) is 0 Å². The molecule has 0 aliphatic carbocycles. The second kappa shape index (κ2) is 5.25. The van der Waals surface area contributed by atoms with Gasteiger partial charge in [-0.2, -0.15) is 8.42 Å². The van der Waals surface area contributed by atoms with Crippen molar-refractivity contribution >= 4 is 10.1 Å². The summed E-state index contributed by atoms with van der Waals surface area (Å²) in [4.78, 5) is 0.130. The van der Waals surface area contributed by atoms with Crippen LogP contribution < -0.4 is 4.18 Å². The van der Waals surface area contributed by atoms with Gasteiger partial charge in [0.25, 0.3) is 0 Å². The van der Waals surface area contributed by atoms with E-state index in [1.807, 2.05) is 13.8 Å². The largest absolute Gasteiger partial charge is 0.379 e. The molecule has 0 unspecified atom stereocenters. The van der Waals surface area contributed by atoms with Gasteiger partial charge in [-0.3, -0.25) is 0 Å². The lowest BCUT2D eigenvalue weighted by Gasteiger charge is -2.11. The second-order valence-electron chi connectivity index (χ2n) is 4.69. The van der Waals surface area contributed by atoms with E-state index in [4.69, 9.17) is 4.18 Å². The lowest BCUT2D eigenvalue weighted by molar-refractivity contribution is 0.484. The molecule has 0 radical (unpaired) electrons. The van der Waals surface area contributed by atoms with Crippen molar-refractivity contribution in [1.82, 2.24) is 0 Å². The third-order valence-corrected chi connectivity index (χ3v) is 4.47. The quantitative estimate of drug-likeness (QED) is 0.813. The predicted molar refractivity (Wildman–Crippen MR) is 74.9 cm³/mol. The molecule has 0 fully saturated rings. The molecule has 0 atom stereocenters. The Hall–Kier alpha value is -1.88. The maximum Gasteiger partial charge on any atom is 0.339 e. The van der Waals surface area contributed by atoms with Gasteiger partial charge in [-0.1, -0.05) is 6.07 Å². The highest BCUT2D eigenvalue weighted by Gasteiger charge is 2.20. The van der Waals surface area contributed by atoms with Crippen LogP contribution in [0.15, 0.2) is 41.3 Å². The van der Waals surface area contributed by atoms with E-state index >= 15 is 0 Å². The summed E-state index contributed by atoms with van der Waals surface area (Å²) in [6.07, 6.45) is 0. The van der Waals surface area contributed by atoms with Gasteiger partial charge >= 0.3 is 10.1 Å². The Labute approximate surface area is 118 Å². The molecule has 0 aliphatic heterocycles. The summed E-state index contributed by atoms with van der Waals surface area (Å²) in [5.41, 5.74) is 2.51. The molecule has 0 N–H and O–H groups in total. The zero-order chi connectivity index (χ0) is 14.9. The Morgan fingerprint density at radius 2 is 1.45 bits per heavy atom. The SMILES string of the molecule is Cc1cc(C)c(S(=O)(=O)Oc2ccc(F)cc2)cc1C. The van der Waals surface area contributed by atoms with Crippen molar-refractivity contribution in [3.05, 3.63) is 58.9 Å². The van der Waals surface area contributed by atoms with Crippen LogP contribution in [0.4, 0.5) is 4.39 Å². The van der Waals surface area contributed by atoms with Crippen molar-refractivity contribution in [3.8, 4) is 5.75 Å². The number of benzene rings is 2. The van der Waals surface area contributed by atoms with Gasteiger partial charge in [-0.15, -0.1) is 0 Å². The molecule has 106 valence electrons. The van der Waals surface area contributed by atoms with Gasteiger partial charge in [-0.05, 0) is 67.8 Å². The normalized spacial score (nSPS) is 11.4. The molecular weight excluding hydrogens is 279 g/mol. The molecule has 20 heavy (non-hydrogen) atoms. The molecule has 0 heterocycles. The fraction of sp³-hybridized carbons (Fsp3) is 0.200. The van der Waals surface area contributed by atoms with E-state index in [-0.39, 0.29) is 10.6 Å². The molecule has 2 rings (SSSR count). The minimum Gasteiger partial charge on any atom is -0.379 e. The Morgan fingerprint density at radius 1 is 0.900 bits per heavy atom. The van der Waals surface area contributed by atoms with Crippen LogP contribution in [0.25, 0.3) is 0 Å². The summed E-state index contributed by atoms with van der Waals surface area (Å²) in [5.74, 6) is -0.360. The first kappa shape index (κ1) is 14.5. The zero-order valence-corrected chi connectivity index (χ0v) is 12.3. The minimum atomic E-state index is -3.92. The van der Waals surface area contributed by atoms with Gasteiger partial charge in [0.05, 0.1) is 0 Å². The van der Waals surface area contributed by atoms with E-state index in [2.05, 4.69) is 0 Å². The highest BCUT2D eigenvalue weighted by atomic mass is 32.2. The van der Waals surface area contributed by atoms with Gasteiger partial charge < -0.3 is 4.18 Å². The second-order valence-corrected chi connectivity index (χ2v) is 6.21. The third-order valence-electron chi connectivity index (χ3n) is 3.08. The molecule has 0 amide bonds. The topological polar surface area (TPSA) is 43.4 Å². The molecule has 3 nitrogen and oxygen atoms in total. The molecule has 0 bridgehead atoms. The van der Waals surface area contributed by atoms with E-state index < -0.39 is 15.9 Å². The van der Waals surface area contributed by atoms with Gasteiger partial charge in [0.2, 0.25) is 0 Å². The molecule has 0 spiro atoms. The molecular formula is C15H15FO3S. The average Bonchev–Trinajstić information content (AvgIpc) is 2.36. The van der Waals surface area contributed by atoms with Crippen LogP contribution in [-0.2, 0) is 10.1 Å². The molecule has 0 aromatic heterocycles. The summed E-state index contributed by atoms with van der Waals surface area (Å²) >= 11 is 0. The maximum absolute atomic E-state index is 12.8. The van der Waals surface area contributed by atoms with Crippen LogP contribution in [0.2, 0.25) is 0 Å². The fourth-order valence-electron chi connectivity index (χ4n) is 1.87. The lowest BCUT2D eigenvalue weighted by atomic mass is 10.1. The van der Waals surface area contributed by atoms with Gasteiger partial charge in [0.1, 0.15) is 16.5 Å². The lowest BCUT2D eigenvalue weighted by Crippen LogP contribution is -2.12. The summed E-state index contributed by atoms with van der Waals surface area (Å²) in [6, 6.07) is 8.25. The third kappa shape index (κ3) is 2.99. The van der Waals surface area contributed by atoms with Crippen LogP contribution in [0, 0.1) is 26.6 Å². The minimum absolute atomic E-state index is 0.0871. The Kier molecular flexibility index (Phi) is 3.81. The Bertz CT molecular complexity index is 734. The average molecular weight is 294 g/mol. The molecule has 5 heteroatoms. The maximum atomic E-state index is 12.8.